The Labute approximate surface area is 633 Å². The van der Waals surface area contributed by atoms with Gasteiger partial charge in [0.25, 0.3) is 47.3 Å². The van der Waals surface area contributed by atoms with Crippen molar-refractivity contribution >= 4 is 106 Å². The molecule has 12 aliphatic heterocycles. The van der Waals surface area contributed by atoms with Crippen LogP contribution in [0.15, 0.2) is 64.2 Å². The lowest BCUT2D eigenvalue weighted by molar-refractivity contribution is -0.162. The Hall–Kier alpha value is -9.85. The van der Waals surface area contributed by atoms with Gasteiger partial charge < -0.3 is 60.6 Å². The molecule has 12 aliphatic rings. The zero-order valence-corrected chi connectivity index (χ0v) is 62.9. The number of halogens is 1. The molecule has 0 saturated carbocycles. The van der Waals surface area contributed by atoms with E-state index in [9.17, 15) is 29.4 Å². The van der Waals surface area contributed by atoms with Gasteiger partial charge in [0, 0.05) is 81.2 Å². The first-order valence-electron chi connectivity index (χ1n) is 37.2. The first kappa shape index (κ1) is 75.9. The number of aliphatic hydroxyl groups is 2. The van der Waals surface area contributed by atoms with Crippen LogP contribution in [0.4, 0.5) is 11.4 Å². The van der Waals surface area contributed by atoms with Crippen molar-refractivity contribution in [2.75, 3.05) is 65.1 Å². The maximum absolute atomic E-state index is 15.9. The van der Waals surface area contributed by atoms with Crippen LogP contribution in [0.5, 0.6) is 0 Å². The van der Waals surface area contributed by atoms with Gasteiger partial charge in [-0.25, -0.2) is 31.7 Å². The van der Waals surface area contributed by atoms with Crippen molar-refractivity contribution in [3.8, 4) is 11.1 Å². The molecule has 14 rings (SSSR count). The summed E-state index contributed by atoms with van der Waals surface area (Å²) in [7, 11) is 5.48. The van der Waals surface area contributed by atoms with E-state index in [1.54, 1.807) is 58.0 Å². The normalized spacial score (nSPS) is 33.5. The summed E-state index contributed by atoms with van der Waals surface area (Å²) in [5, 5.41) is 54.6. The van der Waals surface area contributed by atoms with E-state index in [-0.39, 0.29) is 90.9 Å². The maximum Gasteiger partial charge on any atom is 0.268 e. The fourth-order valence-electron chi connectivity index (χ4n) is 17.2. The summed E-state index contributed by atoms with van der Waals surface area (Å²) in [6.45, 7) is 10.7. The van der Waals surface area contributed by atoms with Gasteiger partial charge in [-0.3, -0.25) is 77.6 Å². The van der Waals surface area contributed by atoms with Crippen molar-refractivity contribution in [1.82, 2.24) is 82.0 Å². The van der Waals surface area contributed by atoms with Gasteiger partial charge in [0.05, 0.1) is 31.7 Å². The highest BCUT2D eigenvalue weighted by molar-refractivity contribution is 6.33. The number of hydrogen-bond acceptors (Lipinski definition) is 24. The second-order valence-corrected chi connectivity index (χ2v) is 31.0. The number of ether oxygens (including phenoxy) is 2. The van der Waals surface area contributed by atoms with E-state index < -0.39 is 192 Å². The van der Waals surface area contributed by atoms with E-state index in [0.29, 0.717) is 36.8 Å². The van der Waals surface area contributed by atoms with Crippen LogP contribution in [0.3, 0.4) is 0 Å². The van der Waals surface area contributed by atoms with Crippen LogP contribution in [0.25, 0.3) is 11.1 Å². The van der Waals surface area contributed by atoms with Gasteiger partial charge in [-0.15, -0.1) is 0 Å². The summed E-state index contributed by atoms with van der Waals surface area (Å²) < 4.78 is 10.9. The maximum atomic E-state index is 15.9. The molecule has 109 heavy (non-hydrogen) atoms. The number of methoxy groups -OCH3 is 2. The Kier molecular flexibility index (Phi) is 20.3. The predicted molar refractivity (Wildman–Crippen MR) is 388 cm³/mol. The molecule has 0 aromatic heterocycles. The number of carbonyl (C=O) groups excluding carboxylic acids is 12. The minimum Gasteiger partial charge on any atom is -0.495 e. The molecule has 10 N–H and O–H groups in total. The summed E-state index contributed by atoms with van der Waals surface area (Å²) >= 11 is 7.31. The van der Waals surface area contributed by atoms with Gasteiger partial charge in [0.2, 0.25) is 23.6 Å². The van der Waals surface area contributed by atoms with Crippen molar-refractivity contribution in [1.29, 1.82) is 0 Å². The number of hydrogen-bond donors (Lipinski definition) is 10. The quantitative estimate of drug-likeness (QED) is 0.163. The van der Waals surface area contributed by atoms with Crippen LogP contribution < -0.4 is 43.0 Å². The van der Waals surface area contributed by atoms with Gasteiger partial charge in [-0.1, -0.05) is 51.4 Å². The fourth-order valence-corrected chi connectivity index (χ4v) is 17.5. The van der Waals surface area contributed by atoms with Crippen LogP contribution in [-0.4, -0.2) is 283 Å². The third-order valence-corrected chi connectivity index (χ3v) is 23.9. The summed E-state index contributed by atoms with van der Waals surface area (Å²) in [6.07, 6.45) is 3.53. The van der Waals surface area contributed by atoms with Gasteiger partial charge in [-0.05, 0) is 113 Å². The summed E-state index contributed by atoms with van der Waals surface area (Å²) in [5.74, 6) is -9.94. The van der Waals surface area contributed by atoms with E-state index in [4.69, 9.17) is 21.1 Å². The van der Waals surface area contributed by atoms with E-state index in [1.165, 1.54) is 76.5 Å². The van der Waals surface area contributed by atoms with Crippen molar-refractivity contribution < 1.29 is 77.2 Å². The Balaban J connectivity index is 0.803. The number of amides is 12. The molecule has 0 aliphatic carbocycles. The number of hydrazone groups is 2. The molecule has 2 aromatic carbocycles. The fraction of sp³-hybridized carbons (Fsp3) is 0.583. The van der Waals surface area contributed by atoms with Crippen LogP contribution >= 0.6 is 11.6 Å². The molecule has 2 aromatic rings. The lowest BCUT2D eigenvalue weighted by Crippen LogP contribution is -2.67. The smallest absolute Gasteiger partial charge is 0.268 e. The van der Waals surface area contributed by atoms with Gasteiger partial charge in [0.1, 0.15) is 95.5 Å². The van der Waals surface area contributed by atoms with Gasteiger partial charge in [0.15, 0.2) is 12.1 Å². The number of likely N-dealkylation sites (N-methyl/N-ethyl adjacent to an activating group) is 2. The molecule has 16 unspecified atom stereocenters. The molecule has 0 radical (unpaired) electrons. The number of carbonyl (C=O) groups is 12. The van der Waals surface area contributed by atoms with Gasteiger partial charge >= 0.3 is 0 Å². The standard InChI is InChI=1S/C72H93ClN20O16/c1-34(2)55-67(104)90-49(17-13-23-76-90)65(102)92-51(26-39(108-9)32-78-92)61(98)84(7)36(5)59(96)88-47(15-11-21-74-88)63(100)86-53(57(94)82-55)30-71(106)42-20-19-38(25-45(42)80-69(71)86)41-28-43-46(29-44(41)73)81-70-72(43,107)31-54-58(95)83-56(35(3)4)68(105)91-50(18-14-24-77-91)66(103)93-52(27-40(109-10)33-79-93)62(99)85(8)37(6)60(97)89-48(16-12-22-75-89)64(101)87(54)70/h19-20,25-29,32-37,47-56,69-70,74-77,80-81,106-107H,11-18,21-24,30-31H2,1-10H3,(H,82,94)(H,83,95). The molecule has 36 nitrogen and oxygen atoms in total. The summed E-state index contributed by atoms with van der Waals surface area (Å²) in [4.78, 5) is 187. The van der Waals surface area contributed by atoms with Crippen LogP contribution in [-0.2, 0) is 78.2 Å². The molecule has 8 fully saturated rings. The zero-order chi connectivity index (χ0) is 77.9. The average molecular weight is 1530 g/mol. The van der Waals surface area contributed by atoms with Crippen molar-refractivity contribution in [3.05, 3.63) is 70.2 Å². The molecule has 37 heteroatoms. The largest absolute Gasteiger partial charge is 0.495 e. The average Bonchev–Trinajstić information content (AvgIpc) is 1.55. The molecule has 8 saturated heterocycles. The first-order chi connectivity index (χ1) is 51.9. The second-order valence-electron chi connectivity index (χ2n) is 30.6. The Bertz CT molecular complexity index is 4290. The number of nitrogens with one attached hydrogen (secondary N) is 8. The minimum absolute atomic E-state index is 0.0688. The number of allylic oxidation sites excluding steroid dienone is 2. The summed E-state index contributed by atoms with van der Waals surface area (Å²) in [6, 6.07) is -8.31. The highest BCUT2D eigenvalue weighted by Crippen LogP contribution is 2.55. The third-order valence-electron chi connectivity index (χ3n) is 23.5. The second kappa shape index (κ2) is 29.2. The molecular formula is C72H93ClN20O16. The number of benzene rings is 2. The van der Waals surface area contributed by atoms with Crippen molar-refractivity contribution in [2.45, 2.75) is 202 Å². The molecule has 12 amide bonds. The predicted octanol–water partition coefficient (Wildman–Crippen LogP) is -1.47. The lowest BCUT2D eigenvalue weighted by Gasteiger charge is -2.43. The van der Waals surface area contributed by atoms with E-state index in [2.05, 4.69) is 53.2 Å². The zero-order valence-electron chi connectivity index (χ0n) is 62.2. The monoisotopic (exact) mass is 1530 g/mol. The molecule has 0 bridgehead atoms. The first-order valence-corrected chi connectivity index (χ1v) is 37.6. The van der Waals surface area contributed by atoms with Crippen molar-refractivity contribution in [2.24, 2.45) is 22.0 Å². The number of rotatable bonds is 5. The van der Waals surface area contributed by atoms with E-state index >= 15 is 38.4 Å². The van der Waals surface area contributed by atoms with Crippen molar-refractivity contribution in [3.63, 3.8) is 0 Å². The van der Waals surface area contributed by atoms with Crippen LogP contribution in [0.1, 0.15) is 117 Å². The third kappa shape index (κ3) is 12.7. The number of anilines is 2. The molecule has 584 valence electrons. The molecule has 16 atom stereocenters. The Morgan fingerprint density at radius 1 is 0.477 bits per heavy atom. The Morgan fingerprint density at radius 3 is 1.25 bits per heavy atom. The molecule has 12 heterocycles. The van der Waals surface area contributed by atoms with Crippen LogP contribution in [0.2, 0.25) is 5.02 Å². The topological polar surface area (TPSA) is 417 Å². The number of nitrogens with zero attached hydrogens (tertiary/aromatic N) is 12. The number of hydrazine groups is 4. The molecular weight excluding hydrogens is 1440 g/mol. The lowest BCUT2D eigenvalue weighted by atomic mass is 9.87. The Morgan fingerprint density at radius 2 is 0.853 bits per heavy atom. The minimum atomic E-state index is -2.12. The van der Waals surface area contributed by atoms with E-state index in [0.717, 1.165) is 39.9 Å². The van der Waals surface area contributed by atoms with Crippen LogP contribution in [0, 0.1) is 11.8 Å². The van der Waals surface area contributed by atoms with Gasteiger partial charge in [-0.2, -0.15) is 10.2 Å². The highest BCUT2D eigenvalue weighted by Gasteiger charge is 2.65. The summed E-state index contributed by atoms with van der Waals surface area (Å²) in [5.41, 5.74) is 9.74. The van der Waals surface area contributed by atoms with E-state index in [1.807, 2.05) is 0 Å². The number of fused-ring (bicyclic) bond motifs is 16. The molecule has 0 spiro atoms. The SMILES string of the molecule is COC1=CC2C(=O)N(C)C(C)C(=O)N3NCCCC3C(=O)N3C(CC4(O)c5ccc(-c6cc7c(cc6Cl)NC6N8C(=O)C9CCCNN9C(=O)C(C)N(C)C(=O)C9C=C(OC)C=NN9C(=O)C9CCCNN9C(=O)C(C(C)C)NC(=O)C8CC76O)cc5NC34)C(=O)NC(C(C)C)C(=O)N3NCCCC3C(=O)N2N=C1. The highest BCUT2D eigenvalue weighted by atomic mass is 35.5.